The molecule has 0 aliphatic heterocycles. The standard InChI is InChI=1S/C16H12BrNO3/c17-13-9-5-4-8-12(13)10-14(16(20)21)18-15(19)11-6-2-1-3-7-11/h1-10H,(H,18,19)(H,20,21)/b14-10+. The summed E-state index contributed by atoms with van der Waals surface area (Å²) < 4.78 is 0.748. The van der Waals surface area contributed by atoms with Gasteiger partial charge >= 0.3 is 5.97 Å². The number of nitrogens with one attached hydrogen (secondary N) is 1. The van der Waals surface area contributed by atoms with Gasteiger partial charge in [-0.05, 0) is 29.8 Å². The molecule has 0 saturated carbocycles. The first-order valence-electron chi connectivity index (χ1n) is 6.14. The lowest BCUT2D eigenvalue weighted by Gasteiger charge is -2.07. The summed E-state index contributed by atoms with van der Waals surface area (Å²) in [6.45, 7) is 0. The highest BCUT2D eigenvalue weighted by atomic mass is 79.9. The number of rotatable bonds is 4. The molecule has 0 heterocycles. The summed E-state index contributed by atoms with van der Waals surface area (Å²) in [5.41, 5.74) is 0.885. The van der Waals surface area contributed by atoms with Gasteiger partial charge in [0.2, 0.25) is 0 Å². The van der Waals surface area contributed by atoms with E-state index in [9.17, 15) is 14.7 Å². The first-order valence-corrected chi connectivity index (χ1v) is 6.93. The van der Waals surface area contributed by atoms with Gasteiger partial charge in [-0.3, -0.25) is 4.79 Å². The summed E-state index contributed by atoms with van der Waals surface area (Å²) in [7, 11) is 0. The van der Waals surface area contributed by atoms with Crippen LogP contribution in [0.4, 0.5) is 0 Å². The molecule has 4 nitrogen and oxygen atoms in total. The molecule has 0 aliphatic carbocycles. The van der Waals surface area contributed by atoms with Crippen molar-refractivity contribution in [3.05, 3.63) is 75.9 Å². The lowest BCUT2D eigenvalue weighted by Crippen LogP contribution is -2.27. The highest BCUT2D eigenvalue weighted by Gasteiger charge is 2.13. The molecule has 0 aromatic heterocycles. The number of carboxylic acid groups (broad SMARTS) is 1. The molecule has 106 valence electrons. The zero-order valence-electron chi connectivity index (χ0n) is 10.9. The van der Waals surface area contributed by atoms with Gasteiger partial charge in [-0.15, -0.1) is 0 Å². The molecule has 2 aromatic rings. The smallest absolute Gasteiger partial charge is 0.352 e. The van der Waals surface area contributed by atoms with Crippen LogP contribution in [0.1, 0.15) is 15.9 Å². The van der Waals surface area contributed by atoms with Gasteiger partial charge in [-0.1, -0.05) is 52.3 Å². The van der Waals surface area contributed by atoms with Crippen molar-refractivity contribution >= 4 is 33.9 Å². The summed E-state index contributed by atoms with van der Waals surface area (Å²) >= 11 is 3.33. The van der Waals surface area contributed by atoms with E-state index in [-0.39, 0.29) is 5.70 Å². The third kappa shape index (κ3) is 4.03. The van der Waals surface area contributed by atoms with Gasteiger partial charge in [0.1, 0.15) is 5.70 Å². The van der Waals surface area contributed by atoms with Crippen LogP contribution < -0.4 is 5.32 Å². The maximum Gasteiger partial charge on any atom is 0.352 e. The molecule has 0 saturated heterocycles. The first-order chi connectivity index (χ1) is 10.1. The van der Waals surface area contributed by atoms with E-state index in [1.807, 2.05) is 6.07 Å². The van der Waals surface area contributed by atoms with Crippen LogP contribution in [0.3, 0.4) is 0 Å². The molecule has 0 spiro atoms. The number of amides is 1. The highest BCUT2D eigenvalue weighted by molar-refractivity contribution is 9.10. The summed E-state index contributed by atoms with van der Waals surface area (Å²) in [6, 6.07) is 15.6. The van der Waals surface area contributed by atoms with Gasteiger partial charge in [0.25, 0.3) is 5.91 Å². The Morgan fingerprint density at radius 1 is 1.00 bits per heavy atom. The SMILES string of the molecule is O=C(O)/C(=C\c1ccccc1Br)NC(=O)c1ccccc1. The zero-order valence-corrected chi connectivity index (χ0v) is 12.5. The quantitative estimate of drug-likeness (QED) is 0.835. The van der Waals surface area contributed by atoms with Gasteiger partial charge < -0.3 is 10.4 Å². The monoisotopic (exact) mass is 345 g/mol. The Hall–Kier alpha value is -2.40. The average Bonchev–Trinajstić information content (AvgIpc) is 2.49. The van der Waals surface area contributed by atoms with Crippen molar-refractivity contribution in [1.82, 2.24) is 5.32 Å². The van der Waals surface area contributed by atoms with Gasteiger partial charge in [0, 0.05) is 10.0 Å². The van der Waals surface area contributed by atoms with Crippen LogP contribution in [0.5, 0.6) is 0 Å². The number of hydrogen-bond donors (Lipinski definition) is 2. The Balaban J connectivity index is 2.27. The highest BCUT2D eigenvalue weighted by Crippen LogP contribution is 2.18. The third-order valence-electron chi connectivity index (χ3n) is 2.72. The van der Waals surface area contributed by atoms with Crippen molar-refractivity contribution in [1.29, 1.82) is 0 Å². The summed E-state index contributed by atoms with van der Waals surface area (Å²) in [5, 5.41) is 11.6. The molecule has 2 aromatic carbocycles. The van der Waals surface area contributed by atoms with Crippen LogP contribution in [-0.4, -0.2) is 17.0 Å². The Labute approximate surface area is 130 Å². The average molecular weight is 346 g/mol. The van der Waals surface area contributed by atoms with E-state index in [0.29, 0.717) is 11.1 Å². The second kappa shape index (κ2) is 6.85. The fraction of sp³-hybridized carbons (Fsp3) is 0. The molecule has 2 rings (SSSR count). The minimum Gasteiger partial charge on any atom is -0.477 e. The molecule has 0 radical (unpaired) electrons. The molecular formula is C16H12BrNO3. The first kappa shape index (κ1) is 15.0. The maximum absolute atomic E-state index is 12.0. The molecular weight excluding hydrogens is 334 g/mol. The Bertz CT molecular complexity index is 696. The zero-order chi connectivity index (χ0) is 15.2. The number of aliphatic carboxylic acids is 1. The molecule has 1 amide bonds. The topological polar surface area (TPSA) is 66.4 Å². The largest absolute Gasteiger partial charge is 0.477 e. The normalized spacial score (nSPS) is 11.0. The Morgan fingerprint density at radius 3 is 2.24 bits per heavy atom. The molecule has 21 heavy (non-hydrogen) atoms. The Kier molecular flexibility index (Phi) is 4.90. The maximum atomic E-state index is 12.0. The minimum atomic E-state index is -1.20. The van der Waals surface area contributed by atoms with E-state index in [1.54, 1.807) is 48.5 Å². The van der Waals surface area contributed by atoms with Crippen LogP contribution in [0.25, 0.3) is 6.08 Å². The number of carbonyl (C=O) groups excluding carboxylic acids is 1. The molecule has 2 N–H and O–H groups in total. The van der Waals surface area contributed by atoms with E-state index in [1.165, 1.54) is 6.08 Å². The molecule has 0 atom stereocenters. The van der Waals surface area contributed by atoms with E-state index in [2.05, 4.69) is 21.2 Å². The van der Waals surface area contributed by atoms with Gasteiger partial charge in [-0.25, -0.2) is 4.79 Å². The molecule has 0 aliphatic rings. The molecule has 0 unspecified atom stereocenters. The molecule has 0 bridgehead atoms. The van der Waals surface area contributed by atoms with Gasteiger partial charge in [0.15, 0.2) is 0 Å². The number of carboxylic acids is 1. The second-order valence-electron chi connectivity index (χ2n) is 4.20. The number of halogens is 1. The van der Waals surface area contributed by atoms with E-state index >= 15 is 0 Å². The second-order valence-corrected chi connectivity index (χ2v) is 5.06. The minimum absolute atomic E-state index is 0.184. The number of benzene rings is 2. The van der Waals surface area contributed by atoms with Crippen molar-refractivity contribution in [2.45, 2.75) is 0 Å². The van der Waals surface area contributed by atoms with Crippen molar-refractivity contribution in [3.63, 3.8) is 0 Å². The fourth-order valence-corrected chi connectivity index (χ4v) is 2.08. The van der Waals surface area contributed by atoms with Crippen molar-refractivity contribution < 1.29 is 14.7 Å². The predicted octanol–water partition coefficient (Wildman–Crippen LogP) is 3.30. The van der Waals surface area contributed by atoms with Crippen molar-refractivity contribution in [3.8, 4) is 0 Å². The van der Waals surface area contributed by atoms with Gasteiger partial charge in [-0.2, -0.15) is 0 Å². The van der Waals surface area contributed by atoms with Crippen molar-refractivity contribution in [2.75, 3.05) is 0 Å². The van der Waals surface area contributed by atoms with Gasteiger partial charge in [0.05, 0.1) is 0 Å². The van der Waals surface area contributed by atoms with E-state index < -0.39 is 11.9 Å². The summed E-state index contributed by atoms with van der Waals surface area (Å²) in [6.07, 6.45) is 1.41. The summed E-state index contributed by atoms with van der Waals surface area (Å²) in [5.74, 6) is -1.66. The van der Waals surface area contributed by atoms with Crippen LogP contribution in [0.15, 0.2) is 64.8 Å². The van der Waals surface area contributed by atoms with Crippen LogP contribution in [-0.2, 0) is 4.79 Å². The molecule has 5 heteroatoms. The fourth-order valence-electron chi connectivity index (χ4n) is 1.68. The van der Waals surface area contributed by atoms with Crippen LogP contribution in [0, 0.1) is 0 Å². The third-order valence-corrected chi connectivity index (χ3v) is 3.44. The lowest BCUT2D eigenvalue weighted by molar-refractivity contribution is -0.132. The predicted molar refractivity (Wildman–Crippen MR) is 83.7 cm³/mol. The van der Waals surface area contributed by atoms with Crippen LogP contribution in [0.2, 0.25) is 0 Å². The number of hydrogen-bond acceptors (Lipinski definition) is 2. The van der Waals surface area contributed by atoms with Crippen molar-refractivity contribution in [2.24, 2.45) is 0 Å². The Morgan fingerprint density at radius 2 is 1.62 bits per heavy atom. The number of carbonyl (C=O) groups is 2. The molecule has 0 fully saturated rings. The van der Waals surface area contributed by atoms with Crippen LogP contribution >= 0.6 is 15.9 Å². The van der Waals surface area contributed by atoms with E-state index in [4.69, 9.17) is 0 Å². The lowest BCUT2D eigenvalue weighted by atomic mass is 10.1. The van der Waals surface area contributed by atoms with E-state index in [0.717, 1.165) is 4.47 Å². The summed E-state index contributed by atoms with van der Waals surface area (Å²) in [4.78, 5) is 23.3.